The number of benzene rings is 2. The van der Waals surface area contributed by atoms with E-state index in [2.05, 4.69) is 0 Å². The second kappa shape index (κ2) is 6.12. The van der Waals surface area contributed by atoms with Gasteiger partial charge >= 0.3 is 0 Å². The van der Waals surface area contributed by atoms with Crippen LogP contribution in [-0.2, 0) is 16.1 Å². The lowest BCUT2D eigenvalue weighted by atomic mass is 10.1. The summed E-state index contributed by atoms with van der Waals surface area (Å²) in [4.78, 5) is 27.2. The van der Waals surface area contributed by atoms with Gasteiger partial charge in [0.05, 0.1) is 19.2 Å². The molecule has 0 saturated carbocycles. The van der Waals surface area contributed by atoms with E-state index in [4.69, 9.17) is 0 Å². The highest BCUT2D eigenvalue weighted by Gasteiger charge is 2.44. The van der Waals surface area contributed by atoms with Crippen molar-refractivity contribution >= 4 is 17.5 Å². The summed E-state index contributed by atoms with van der Waals surface area (Å²) in [6.07, 6.45) is 0.270. The molecule has 2 unspecified atom stereocenters. The summed E-state index contributed by atoms with van der Waals surface area (Å²) in [6, 6.07) is 18.9. The number of hydrogen-bond donors (Lipinski definition) is 1. The molecular formula is C18H19N2O2+. The van der Waals surface area contributed by atoms with Crippen molar-refractivity contribution in [3.63, 3.8) is 0 Å². The first-order chi connectivity index (χ1) is 10.7. The largest absolute Gasteiger partial charge is 0.323 e. The number of nitrogens with one attached hydrogen (secondary N) is 1. The topological polar surface area (TPSA) is 41.8 Å². The smallest absolute Gasteiger partial charge is 0.292 e. The zero-order valence-electron chi connectivity index (χ0n) is 12.5. The number of nitrogens with zero attached hydrogens (tertiary/aromatic N) is 1. The number of carbonyl (C=O) groups is 2. The highest BCUT2D eigenvalue weighted by molar-refractivity contribution is 6.21. The van der Waals surface area contributed by atoms with Crippen LogP contribution in [0.15, 0.2) is 60.7 Å². The molecule has 4 nitrogen and oxygen atoms in total. The predicted molar refractivity (Wildman–Crippen MR) is 84.4 cm³/mol. The first kappa shape index (κ1) is 14.5. The van der Waals surface area contributed by atoms with Crippen molar-refractivity contribution in [2.45, 2.75) is 19.0 Å². The second-order valence-corrected chi connectivity index (χ2v) is 5.67. The van der Waals surface area contributed by atoms with Crippen LogP contribution in [0.4, 0.5) is 5.69 Å². The van der Waals surface area contributed by atoms with Crippen LogP contribution in [0.2, 0.25) is 0 Å². The van der Waals surface area contributed by atoms with Crippen LogP contribution < -0.4 is 9.80 Å². The standard InChI is InChI=1S/C18H18N2O2/c1-19(13-14-8-4-2-5-9-14)16-12-17(21)20(18(16)22)15-10-6-3-7-11-15/h2-11,16H,12-13H2,1H3/p+1. The number of para-hydroxylation sites is 1. The molecule has 0 radical (unpaired) electrons. The van der Waals surface area contributed by atoms with E-state index in [9.17, 15) is 9.59 Å². The summed E-state index contributed by atoms with van der Waals surface area (Å²) in [5, 5.41) is 0. The van der Waals surface area contributed by atoms with Gasteiger partial charge in [-0.1, -0.05) is 48.5 Å². The molecule has 112 valence electrons. The summed E-state index contributed by atoms with van der Waals surface area (Å²) in [6.45, 7) is 0.729. The van der Waals surface area contributed by atoms with Crippen molar-refractivity contribution in [1.29, 1.82) is 0 Å². The average molecular weight is 295 g/mol. The van der Waals surface area contributed by atoms with Crippen LogP contribution in [0.5, 0.6) is 0 Å². The maximum Gasteiger partial charge on any atom is 0.292 e. The Balaban J connectivity index is 1.76. The number of likely N-dealkylation sites (N-methyl/N-ethyl adjacent to an activating group) is 1. The molecular weight excluding hydrogens is 276 g/mol. The van der Waals surface area contributed by atoms with Gasteiger partial charge in [0.2, 0.25) is 5.91 Å². The molecule has 0 aliphatic carbocycles. The second-order valence-electron chi connectivity index (χ2n) is 5.67. The molecule has 1 saturated heterocycles. The Kier molecular flexibility index (Phi) is 4.02. The fraction of sp³-hybridized carbons (Fsp3) is 0.222. The van der Waals surface area contributed by atoms with E-state index in [0.717, 1.165) is 11.4 Å². The molecule has 2 aromatic carbocycles. The fourth-order valence-corrected chi connectivity index (χ4v) is 2.91. The quantitative estimate of drug-likeness (QED) is 0.856. The summed E-state index contributed by atoms with van der Waals surface area (Å²) in [5.41, 5.74) is 1.82. The number of rotatable bonds is 4. The Morgan fingerprint density at radius 3 is 2.23 bits per heavy atom. The van der Waals surface area contributed by atoms with Crippen molar-refractivity contribution < 1.29 is 14.5 Å². The van der Waals surface area contributed by atoms with Crippen LogP contribution >= 0.6 is 0 Å². The van der Waals surface area contributed by atoms with E-state index in [1.165, 1.54) is 10.5 Å². The monoisotopic (exact) mass is 295 g/mol. The first-order valence-electron chi connectivity index (χ1n) is 7.45. The van der Waals surface area contributed by atoms with Crippen molar-refractivity contribution in [3.8, 4) is 0 Å². The van der Waals surface area contributed by atoms with Gasteiger partial charge in [-0.25, -0.2) is 4.90 Å². The summed E-state index contributed by atoms with van der Waals surface area (Å²) < 4.78 is 0. The van der Waals surface area contributed by atoms with Gasteiger partial charge in [0.15, 0.2) is 6.04 Å². The van der Waals surface area contributed by atoms with Gasteiger partial charge in [-0.2, -0.15) is 0 Å². The number of imide groups is 1. The van der Waals surface area contributed by atoms with Gasteiger partial charge in [-0.15, -0.1) is 0 Å². The van der Waals surface area contributed by atoms with E-state index in [-0.39, 0.29) is 24.3 Å². The molecule has 0 spiro atoms. The van der Waals surface area contributed by atoms with Crippen LogP contribution in [-0.4, -0.2) is 24.9 Å². The van der Waals surface area contributed by atoms with E-state index in [0.29, 0.717) is 5.69 Å². The minimum Gasteiger partial charge on any atom is -0.323 e. The molecule has 22 heavy (non-hydrogen) atoms. The Labute approximate surface area is 130 Å². The third-order valence-corrected chi connectivity index (χ3v) is 4.08. The van der Waals surface area contributed by atoms with Crippen LogP contribution in [0.1, 0.15) is 12.0 Å². The molecule has 0 bridgehead atoms. The molecule has 3 rings (SSSR count). The Hall–Kier alpha value is -2.46. The van der Waals surface area contributed by atoms with Gasteiger partial charge in [0.1, 0.15) is 6.54 Å². The van der Waals surface area contributed by atoms with E-state index >= 15 is 0 Å². The maximum atomic E-state index is 12.6. The Morgan fingerprint density at radius 2 is 1.59 bits per heavy atom. The zero-order chi connectivity index (χ0) is 15.5. The van der Waals surface area contributed by atoms with Crippen LogP contribution in [0, 0.1) is 0 Å². The summed E-state index contributed by atoms with van der Waals surface area (Å²) >= 11 is 0. The lowest BCUT2D eigenvalue weighted by molar-refractivity contribution is -0.908. The van der Waals surface area contributed by atoms with Gasteiger partial charge < -0.3 is 4.90 Å². The molecule has 2 amide bonds. The Morgan fingerprint density at radius 1 is 1.00 bits per heavy atom. The molecule has 2 aromatic rings. The molecule has 1 N–H and O–H groups in total. The molecule has 1 aliphatic rings. The number of quaternary nitrogens is 1. The molecule has 4 heteroatoms. The van der Waals surface area contributed by atoms with E-state index in [1.807, 2.05) is 55.6 Å². The number of anilines is 1. The molecule has 1 heterocycles. The zero-order valence-corrected chi connectivity index (χ0v) is 12.5. The normalized spacial score (nSPS) is 19.5. The van der Waals surface area contributed by atoms with Crippen LogP contribution in [0.25, 0.3) is 0 Å². The third-order valence-electron chi connectivity index (χ3n) is 4.08. The summed E-state index contributed by atoms with van der Waals surface area (Å²) in [7, 11) is 1.97. The SMILES string of the molecule is C[NH+](Cc1ccccc1)C1CC(=O)N(c2ccccc2)C1=O. The minimum atomic E-state index is -0.312. The van der Waals surface area contributed by atoms with Crippen molar-refractivity contribution in [2.75, 3.05) is 11.9 Å². The van der Waals surface area contributed by atoms with E-state index in [1.54, 1.807) is 12.1 Å². The van der Waals surface area contributed by atoms with Gasteiger partial charge in [-0.05, 0) is 12.1 Å². The molecule has 1 aliphatic heterocycles. The molecule has 0 aromatic heterocycles. The summed E-state index contributed by atoms with van der Waals surface area (Å²) in [5.74, 6) is -0.224. The highest BCUT2D eigenvalue weighted by Crippen LogP contribution is 2.21. The van der Waals surface area contributed by atoms with E-state index < -0.39 is 0 Å². The van der Waals surface area contributed by atoms with Crippen LogP contribution in [0.3, 0.4) is 0 Å². The third kappa shape index (κ3) is 2.78. The maximum absolute atomic E-state index is 12.6. The lowest BCUT2D eigenvalue weighted by Gasteiger charge is -2.20. The minimum absolute atomic E-state index is 0.107. The van der Waals surface area contributed by atoms with Crippen molar-refractivity contribution in [2.24, 2.45) is 0 Å². The fourth-order valence-electron chi connectivity index (χ4n) is 2.91. The number of amides is 2. The highest BCUT2D eigenvalue weighted by atomic mass is 16.2. The van der Waals surface area contributed by atoms with Crippen molar-refractivity contribution in [1.82, 2.24) is 0 Å². The first-order valence-corrected chi connectivity index (χ1v) is 7.45. The predicted octanol–water partition coefficient (Wildman–Crippen LogP) is 1.03. The van der Waals surface area contributed by atoms with Crippen molar-refractivity contribution in [3.05, 3.63) is 66.2 Å². The van der Waals surface area contributed by atoms with Gasteiger partial charge in [-0.3, -0.25) is 9.59 Å². The average Bonchev–Trinajstić information content (AvgIpc) is 2.84. The van der Waals surface area contributed by atoms with Gasteiger partial charge in [0, 0.05) is 5.56 Å². The number of hydrogen-bond acceptors (Lipinski definition) is 2. The molecule has 2 atom stereocenters. The molecule has 1 fully saturated rings. The van der Waals surface area contributed by atoms with Gasteiger partial charge in [0.25, 0.3) is 5.91 Å². The lowest BCUT2D eigenvalue weighted by Crippen LogP contribution is -3.12. The Bertz CT molecular complexity index is 670. The number of carbonyl (C=O) groups excluding carboxylic acids is 2.